The van der Waals surface area contributed by atoms with Gasteiger partial charge in [0.25, 0.3) is 0 Å². The minimum absolute atomic E-state index is 0.400. The van der Waals surface area contributed by atoms with Crippen molar-refractivity contribution in [3.63, 3.8) is 0 Å². The summed E-state index contributed by atoms with van der Waals surface area (Å²) >= 11 is 0. The Kier molecular flexibility index (Phi) is 3.08. The van der Waals surface area contributed by atoms with Crippen molar-refractivity contribution >= 4 is 11.0 Å². The first-order chi connectivity index (χ1) is 8.76. The van der Waals surface area contributed by atoms with Crippen molar-refractivity contribution in [2.45, 2.75) is 51.0 Å². The second-order valence-corrected chi connectivity index (χ2v) is 5.44. The van der Waals surface area contributed by atoms with E-state index < -0.39 is 0 Å². The number of nitrogens with two attached hydrogens (primary N) is 1. The second kappa shape index (κ2) is 4.73. The topological polar surface area (TPSA) is 54.7 Å². The third-order valence-corrected chi connectivity index (χ3v) is 4.13. The van der Waals surface area contributed by atoms with Gasteiger partial charge in [-0.3, -0.25) is 0 Å². The SMILES string of the molecule is CCc1ccc2nc(C3CCC(N)CC3)[nH]c2c1. The van der Waals surface area contributed by atoms with E-state index in [1.54, 1.807) is 0 Å². The molecule has 0 spiro atoms. The van der Waals surface area contributed by atoms with Crippen LogP contribution in [-0.2, 0) is 6.42 Å². The first kappa shape index (κ1) is 11.7. The van der Waals surface area contributed by atoms with Gasteiger partial charge in [-0.25, -0.2) is 4.98 Å². The number of rotatable bonds is 2. The highest BCUT2D eigenvalue weighted by Crippen LogP contribution is 2.31. The molecule has 3 heteroatoms. The fraction of sp³-hybridized carbons (Fsp3) is 0.533. The maximum Gasteiger partial charge on any atom is 0.110 e. The van der Waals surface area contributed by atoms with E-state index in [2.05, 4.69) is 30.1 Å². The van der Waals surface area contributed by atoms with Gasteiger partial charge in [-0.2, -0.15) is 0 Å². The number of aryl methyl sites for hydroxylation is 1. The summed E-state index contributed by atoms with van der Waals surface area (Å²) in [5.41, 5.74) is 9.60. The standard InChI is InChI=1S/C15H21N3/c1-2-10-3-8-13-14(9-10)18-15(17-13)11-4-6-12(16)7-5-11/h3,8-9,11-12H,2,4-7,16H2,1H3,(H,17,18). The van der Waals surface area contributed by atoms with E-state index in [-0.39, 0.29) is 0 Å². The van der Waals surface area contributed by atoms with Crippen LogP contribution in [0.25, 0.3) is 11.0 Å². The van der Waals surface area contributed by atoms with Crippen LogP contribution in [0.2, 0.25) is 0 Å². The molecule has 1 heterocycles. The predicted molar refractivity (Wildman–Crippen MR) is 74.7 cm³/mol. The van der Waals surface area contributed by atoms with Gasteiger partial charge in [-0.15, -0.1) is 0 Å². The zero-order chi connectivity index (χ0) is 12.5. The lowest BCUT2D eigenvalue weighted by atomic mass is 9.86. The Hall–Kier alpha value is -1.35. The van der Waals surface area contributed by atoms with E-state index in [1.807, 2.05) is 0 Å². The molecule has 1 aromatic heterocycles. The monoisotopic (exact) mass is 243 g/mol. The van der Waals surface area contributed by atoms with Crippen LogP contribution in [0, 0.1) is 0 Å². The van der Waals surface area contributed by atoms with Crippen molar-refractivity contribution in [1.29, 1.82) is 0 Å². The van der Waals surface area contributed by atoms with Gasteiger partial charge in [0, 0.05) is 12.0 Å². The molecule has 96 valence electrons. The Balaban J connectivity index is 1.88. The summed E-state index contributed by atoms with van der Waals surface area (Å²) in [6, 6.07) is 6.92. The quantitative estimate of drug-likeness (QED) is 0.851. The average molecular weight is 243 g/mol. The first-order valence-electron chi connectivity index (χ1n) is 7.00. The molecular weight excluding hydrogens is 222 g/mol. The maximum absolute atomic E-state index is 5.96. The van der Waals surface area contributed by atoms with Gasteiger partial charge >= 0.3 is 0 Å². The van der Waals surface area contributed by atoms with Crippen LogP contribution in [0.15, 0.2) is 18.2 Å². The number of nitrogens with zero attached hydrogens (tertiary/aromatic N) is 1. The molecule has 0 saturated heterocycles. The van der Waals surface area contributed by atoms with Crippen molar-refractivity contribution in [3.05, 3.63) is 29.6 Å². The highest BCUT2D eigenvalue weighted by molar-refractivity contribution is 5.76. The van der Waals surface area contributed by atoms with E-state index in [0.29, 0.717) is 12.0 Å². The molecule has 18 heavy (non-hydrogen) atoms. The molecule has 0 radical (unpaired) electrons. The fourth-order valence-electron chi connectivity index (χ4n) is 2.88. The number of benzene rings is 1. The minimum atomic E-state index is 0.400. The van der Waals surface area contributed by atoms with Crippen LogP contribution < -0.4 is 5.73 Å². The number of aromatic amines is 1. The molecule has 3 rings (SSSR count). The van der Waals surface area contributed by atoms with Crippen molar-refractivity contribution < 1.29 is 0 Å². The molecule has 1 aromatic carbocycles. The Morgan fingerprint density at radius 1 is 1.28 bits per heavy atom. The highest BCUT2D eigenvalue weighted by atomic mass is 14.9. The molecule has 1 aliphatic rings. The molecule has 0 aliphatic heterocycles. The largest absolute Gasteiger partial charge is 0.342 e. The van der Waals surface area contributed by atoms with E-state index >= 15 is 0 Å². The molecule has 0 bridgehead atoms. The minimum Gasteiger partial charge on any atom is -0.342 e. The lowest BCUT2D eigenvalue weighted by Crippen LogP contribution is -2.26. The molecule has 1 saturated carbocycles. The van der Waals surface area contributed by atoms with Crippen molar-refractivity contribution in [2.24, 2.45) is 5.73 Å². The summed E-state index contributed by atoms with van der Waals surface area (Å²) in [6.45, 7) is 2.18. The number of aromatic nitrogens is 2. The molecular formula is C15H21N3. The van der Waals surface area contributed by atoms with E-state index in [1.165, 1.54) is 23.9 Å². The third kappa shape index (κ3) is 2.15. The normalized spacial score (nSPS) is 24.6. The van der Waals surface area contributed by atoms with Gasteiger partial charge in [-0.1, -0.05) is 13.0 Å². The number of H-pyrrole nitrogens is 1. The van der Waals surface area contributed by atoms with E-state index in [0.717, 1.165) is 30.6 Å². The third-order valence-electron chi connectivity index (χ3n) is 4.13. The summed E-state index contributed by atoms with van der Waals surface area (Å²) in [7, 11) is 0. The van der Waals surface area contributed by atoms with Gasteiger partial charge < -0.3 is 10.7 Å². The summed E-state index contributed by atoms with van der Waals surface area (Å²) in [6.07, 6.45) is 5.66. The zero-order valence-electron chi connectivity index (χ0n) is 10.9. The molecule has 0 unspecified atom stereocenters. The highest BCUT2D eigenvalue weighted by Gasteiger charge is 2.22. The molecule has 2 aromatic rings. The molecule has 0 atom stereocenters. The van der Waals surface area contributed by atoms with Gasteiger partial charge in [0.2, 0.25) is 0 Å². The molecule has 1 aliphatic carbocycles. The number of imidazole rings is 1. The van der Waals surface area contributed by atoms with E-state index in [4.69, 9.17) is 10.7 Å². The predicted octanol–water partition coefficient (Wildman–Crippen LogP) is 3.11. The molecule has 3 N–H and O–H groups in total. The van der Waals surface area contributed by atoms with Crippen LogP contribution in [-0.4, -0.2) is 16.0 Å². The lowest BCUT2D eigenvalue weighted by Gasteiger charge is -2.24. The van der Waals surface area contributed by atoms with Gasteiger partial charge in [0.05, 0.1) is 11.0 Å². The summed E-state index contributed by atoms with van der Waals surface area (Å²) < 4.78 is 0. The number of hydrogen-bond donors (Lipinski definition) is 2. The lowest BCUT2D eigenvalue weighted by molar-refractivity contribution is 0.386. The van der Waals surface area contributed by atoms with Crippen LogP contribution in [0.3, 0.4) is 0 Å². The van der Waals surface area contributed by atoms with Crippen LogP contribution in [0.5, 0.6) is 0 Å². The van der Waals surface area contributed by atoms with Crippen molar-refractivity contribution in [1.82, 2.24) is 9.97 Å². The number of hydrogen-bond acceptors (Lipinski definition) is 2. The van der Waals surface area contributed by atoms with Gasteiger partial charge in [0.15, 0.2) is 0 Å². The second-order valence-electron chi connectivity index (χ2n) is 5.44. The van der Waals surface area contributed by atoms with Crippen molar-refractivity contribution in [3.8, 4) is 0 Å². The Morgan fingerprint density at radius 3 is 2.78 bits per heavy atom. The van der Waals surface area contributed by atoms with E-state index in [9.17, 15) is 0 Å². The summed E-state index contributed by atoms with van der Waals surface area (Å²) in [5, 5.41) is 0. The Morgan fingerprint density at radius 2 is 2.06 bits per heavy atom. The smallest absolute Gasteiger partial charge is 0.110 e. The van der Waals surface area contributed by atoms with Crippen LogP contribution in [0.1, 0.15) is 49.9 Å². The summed E-state index contributed by atoms with van der Waals surface area (Å²) in [4.78, 5) is 8.24. The molecule has 1 fully saturated rings. The number of nitrogens with one attached hydrogen (secondary N) is 1. The Bertz CT molecular complexity index is 536. The van der Waals surface area contributed by atoms with Crippen LogP contribution in [0.4, 0.5) is 0 Å². The zero-order valence-corrected chi connectivity index (χ0v) is 10.9. The molecule has 0 amide bonds. The Labute approximate surface area is 108 Å². The van der Waals surface area contributed by atoms with Gasteiger partial charge in [-0.05, 0) is 49.8 Å². The molecule has 3 nitrogen and oxygen atoms in total. The fourth-order valence-corrected chi connectivity index (χ4v) is 2.88. The van der Waals surface area contributed by atoms with Crippen molar-refractivity contribution in [2.75, 3.05) is 0 Å². The van der Waals surface area contributed by atoms with Crippen LogP contribution >= 0.6 is 0 Å². The van der Waals surface area contributed by atoms with Gasteiger partial charge in [0.1, 0.15) is 5.82 Å². The maximum atomic E-state index is 5.96. The number of fused-ring (bicyclic) bond motifs is 1. The first-order valence-corrected chi connectivity index (χ1v) is 7.00. The summed E-state index contributed by atoms with van der Waals surface area (Å²) in [5.74, 6) is 1.73. The average Bonchev–Trinajstić information content (AvgIpc) is 2.82.